The number of nitrogens with zero attached hydrogens (tertiary/aromatic N) is 2. The minimum Gasteiger partial charge on any atom is -0.494 e. The quantitative estimate of drug-likeness (QED) is 0.817. The van der Waals surface area contributed by atoms with Crippen molar-refractivity contribution in [3.05, 3.63) is 29.8 Å². The van der Waals surface area contributed by atoms with Crippen molar-refractivity contribution in [1.29, 1.82) is 5.26 Å². The lowest BCUT2D eigenvalue weighted by Crippen LogP contribution is -2.40. The summed E-state index contributed by atoms with van der Waals surface area (Å²) >= 11 is 0. The highest BCUT2D eigenvalue weighted by Crippen LogP contribution is 2.20. The van der Waals surface area contributed by atoms with Gasteiger partial charge in [0.2, 0.25) is 0 Å². The van der Waals surface area contributed by atoms with Crippen molar-refractivity contribution in [2.24, 2.45) is 5.92 Å². The lowest BCUT2D eigenvalue weighted by molar-refractivity contribution is 0.0609. The molecule has 0 saturated carbocycles. The lowest BCUT2D eigenvalue weighted by atomic mass is 9.93. The first-order valence-corrected chi connectivity index (χ1v) is 7.72. The Balaban J connectivity index is 1.68. The zero-order chi connectivity index (χ0) is 15.1. The number of aliphatic hydroxyl groups excluding tert-OH is 1. The zero-order valence-corrected chi connectivity index (χ0v) is 12.7. The lowest BCUT2D eigenvalue weighted by Gasteiger charge is -2.34. The van der Waals surface area contributed by atoms with Crippen LogP contribution in [-0.4, -0.2) is 42.4 Å². The van der Waals surface area contributed by atoms with Crippen LogP contribution in [0, 0.1) is 17.2 Å². The summed E-state index contributed by atoms with van der Waals surface area (Å²) in [5, 5.41) is 18.5. The van der Waals surface area contributed by atoms with Crippen LogP contribution in [0.4, 0.5) is 0 Å². The summed E-state index contributed by atoms with van der Waals surface area (Å²) in [6, 6.07) is 9.37. The molecular weight excluding hydrogens is 264 g/mol. The van der Waals surface area contributed by atoms with Gasteiger partial charge in [-0.05, 0) is 56.8 Å². The van der Waals surface area contributed by atoms with Crippen LogP contribution in [0.1, 0.15) is 31.7 Å². The molecule has 0 aliphatic carbocycles. The average Bonchev–Trinajstić information content (AvgIpc) is 2.52. The Morgan fingerprint density at radius 1 is 1.52 bits per heavy atom. The van der Waals surface area contributed by atoms with Crippen LogP contribution < -0.4 is 4.74 Å². The largest absolute Gasteiger partial charge is 0.494 e. The molecule has 0 aromatic heterocycles. The highest BCUT2D eigenvalue weighted by atomic mass is 16.5. The number of ether oxygens (including phenoxy) is 1. The van der Waals surface area contributed by atoms with Crippen molar-refractivity contribution in [2.45, 2.75) is 32.3 Å². The van der Waals surface area contributed by atoms with E-state index in [0.29, 0.717) is 18.1 Å². The standard InChI is InChI=1S/C17H24N2O2/c1-14(20)16-6-3-8-19(13-16)9-4-10-21-17-7-2-5-15(11-17)12-18/h2,5,7,11,14,16,20H,3-4,6,8-10,13H2,1H3. The van der Waals surface area contributed by atoms with Crippen LogP contribution in [0.3, 0.4) is 0 Å². The number of piperidine rings is 1. The van der Waals surface area contributed by atoms with E-state index in [0.717, 1.165) is 38.2 Å². The third-order valence-corrected chi connectivity index (χ3v) is 4.07. The zero-order valence-electron chi connectivity index (χ0n) is 12.7. The first-order valence-electron chi connectivity index (χ1n) is 7.72. The summed E-state index contributed by atoms with van der Waals surface area (Å²) in [5.74, 6) is 1.17. The summed E-state index contributed by atoms with van der Waals surface area (Å²) in [6.45, 7) is 5.65. The number of likely N-dealkylation sites (tertiary alicyclic amines) is 1. The molecule has 0 amide bonds. The van der Waals surface area contributed by atoms with Gasteiger partial charge in [-0.25, -0.2) is 0 Å². The first-order chi connectivity index (χ1) is 10.2. The van der Waals surface area contributed by atoms with Gasteiger partial charge < -0.3 is 14.7 Å². The second-order valence-electron chi connectivity index (χ2n) is 5.79. The number of hydrogen-bond acceptors (Lipinski definition) is 4. The van der Waals surface area contributed by atoms with E-state index < -0.39 is 0 Å². The van der Waals surface area contributed by atoms with Gasteiger partial charge in [0, 0.05) is 13.1 Å². The Morgan fingerprint density at radius 2 is 2.38 bits per heavy atom. The average molecular weight is 288 g/mol. The van der Waals surface area contributed by atoms with Gasteiger partial charge >= 0.3 is 0 Å². The molecule has 1 aromatic rings. The van der Waals surface area contributed by atoms with Crippen molar-refractivity contribution >= 4 is 0 Å². The summed E-state index contributed by atoms with van der Waals surface area (Å²) in [6.07, 6.45) is 3.05. The number of aliphatic hydroxyl groups is 1. The maximum absolute atomic E-state index is 9.69. The van der Waals surface area contributed by atoms with Gasteiger partial charge in [-0.2, -0.15) is 5.26 Å². The highest BCUT2D eigenvalue weighted by molar-refractivity contribution is 5.36. The Hall–Kier alpha value is -1.57. The predicted molar refractivity (Wildman–Crippen MR) is 82.1 cm³/mol. The van der Waals surface area contributed by atoms with E-state index >= 15 is 0 Å². The normalized spacial score (nSPS) is 20.7. The van der Waals surface area contributed by atoms with Gasteiger partial charge in [-0.3, -0.25) is 0 Å². The van der Waals surface area contributed by atoms with Gasteiger partial charge in [0.1, 0.15) is 5.75 Å². The number of rotatable bonds is 6. The summed E-state index contributed by atoms with van der Waals surface area (Å²) in [7, 11) is 0. The van der Waals surface area contributed by atoms with Crippen molar-refractivity contribution in [3.63, 3.8) is 0 Å². The Morgan fingerprint density at radius 3 is 3.14 bits per heavy atom. The van der Waals surface area contributed by atoms with Crippen LogP contribution in [0.2, 0.25) is 0 Å². The van der Waals surface area contributed by atoms with E-state index in [4.69, 9.17) is 10.00 Å². The highest BCUT2D eigenvalue weighted by Gasteiger charge is 2.22. The van der Waals surface area contributed by atoms with Crippen LogP contribution in [0.5, 0.6) is 5.75 Å². The van der Waals surface area contributed by atoms with E-state index in [1.807, 2.05) is 19.1 Å². The molecule has 4 nitrogen and oxygen atoms in total. The van der Waals surface area contributed by atoms with Gasteiger partial charge in [0.25, 0.3) is 0 Å². The molecule has 2 rings (SSSR count). The Bertz CT molecular complexity index is 482. The monoisotopic (exact) mass is 288 g/mol. The van der Waals surface area contributed by atoms with E-state index in [1.54, 1.807) is 12.1 Å². The molecule has 1 saturated heterocycles. The number of benzene rings is 1. The van der Waals surface area contributed by atoms with Crippen molar-refractivity contribution in [2.75, 3.05) is 26.2 Å². The molecule has 21 heavy (non-hydrogen) atoms. The van der Waals surface area contributed by atoms with Gasteiger partial charge in [-0.15, -0.1) is 0 Å². The van der Waals surface area contributed by atoms with Gasteiger partial charge in [0.15, 0.2) is 0 Å². The molecule has 114 valence electrons. The topological polar surface area (TPSA) is 56.5 Å². The molecular formula is C17H24N2O2. The van der Waals surface area contributed by atoms with Crippen molar-refractivity contribution < 1.29 is 9.84 Å². The van der Waals surface area contributed by atoms with Crippen molar-refractivity contribution in [1.82, 2.24) is 4.90 Å². The fourth-order valence-electron chi connectivity index (χ4n) is 2.82. The Kier molecular flexibility index (Phi) is 6.04. The molecule has 1 aliphatic rings. The molecule has 1 N–H and O–H groups in total. The van der Waals surface area contributed by atoms with E-state index in [2.05, 4.69) is 11.0 Å². The van der Waals surface area contributed by atoms with Crippen molar-refractivity contribution in [3.8, 4) is 11.8 Å². The fourth-order valence-corrected chi connectivity index (χ4v) is 2.82. The summed E-state index contributed by atoms with van der Waals surface area (Å²) in [4.78, 5) is 2.41. The van der Waals surface area contributed by atoms with Crippen LogP contribution in [0.15, 0.2) is 24.3 Å². The molecule has 1 aromatic carbocycles. The molecule has 0 bridgehead atoms. The van der Waals surface area contributed by atoms with Crippen LogP contribution in [-0.2, 0) is 0 Å². The predicted octanol–water partition coefficient (Wildman–Crippen LogP) is 2.42. The van der Waals surface area contributed by atoms with Gasteiger partial charge in [0.05, 0.1) is 24.3 Å². The molecule has 1 fully saturated rings. The minimum atomic E-state index is -0.210. The molecule has 1 aliphatic heterocycles. The Labute approximate surface area is 127 Å². The van der Waals surface area contributed by atoms with Crippen LogP contribution >= 0.6 is 0 Å². The second kappa shape index (κ2) is 8.02. The summed E-state index contributed by atoms with van der Waals surface area (Å²) in [5.41, 5.74) is 0.628. The van der Waals surface area contributed by atoms with E-state index in [-0.39, 0.29) is 6.10 Å². The maximum atomic E-state index is 9.69. The molecule has 0 radical (unpaired) electrons. The van der Waals surface area contributed by atoms with Gasteiger partial charge in [-0.1, -0.05) is 6.07 Å². The number of nitriles is 1. The number of hydrogen-bond donors (Lipinski definition) is 1. The fraction of sp³-hybridized carbons (Fsp3) is 0.588. The van der Waals surface area contributed by atoms with E-state index in [1.165, 1.54) is 6.42 Å². The molecule has 2 unspecified atom stereocenters. The SMILES string of the molecule is CC(O)C1CCCN(CCCOc2cccc(C#N)c2)C1. The third kappa shape index (κ3) is 5.04. The molecule has 1 heterocycles. The third-order valence-electron chi connectivity index (χ3n) is 4.07. The maximum Gasteiger partial charge on any atom is 0.120 e. The minimum absolute atomic E-state index is 0.210. The molecule has 0 spiro atoms. The smallest absolute Gasteiger partial charge is 0.120 e. The first kappa shape index (κ1) is 15.8. The summed E-state index contributed by atoms with van der Waals surface area (Å²) < 4.78 is 5.69. The van der Waals surface area contributed by atoms with Crippen LogP contribution in [0.25, 0.3) is 0 Å². The second-order valence-corrected chi connectivity index (χ2v) is 5.79. The molecule has 2 atom stereocenters. The van der Waals surface area contributed by atoms with E-state index in [9.17, 15) is 5.11 Å². The molecule has 4 heteroatoms.